The summed E-state index contributed by atoms with van der Waals surface area (Å²) >= 11 is 1.15. The van der Waals surface area contributed by atoms with E-state index in [0.717, 1.165) is 22.5 Å². The number of aryl methyl sites for hydroxylation is 1. The summed E-state index contributed by atoms with van der Waals surface area (Å²) in [4.78, 5) is 15.3. The van der Waals surface area contributed by atoms with Crippen LogP contribution in [0.15, 0.2) is 29.8 Å². The fourth-order valence-corrected chi connectivity index (χ4v) is 1.96. The first-order valence-corrected chi connectivity index (χ1v) is 5.30. The van der Waals surface area contributed by atoms with E-state index in [1.807, 2.05) is 31.2 Å². The fraction of sp³-hybridized carbons (Fsp3) is 0.0909. The molecule has 3 nitrogen and oxygen atoms in total. The third-order valence-corrected chi connectivity index (χ3v) is 2.90. The minimum absolute atomic E-state index is 0.291. The van der Waals surface area contributed by atoms with Gasteiger partial charge in [-0.3, -0.25) is 0 Å². The molecule has 1 heterocycles. The first-order chi connectivity index (χ1) is 7.18. The Balaban J connectivity index is 2.49. The van der Waals surface area contributed by atoms with Crippen molar-refractivity contribution in [3.8, 4) is 11.3 Å². The molecule has 0 spiro atoms. The van der Waals surface area contributed by atoms with Gasteiger partial charge in [0.25, 0.3) is 0 Å². The summed E-state index contributed by atoms with van der Waals surface area (Å²) < 4.78 is 0. The topological polar surface area (TPSA) is 50.2 Å². The van der Waals surface area contributed by atoms with Gasteiger partial charge in [-0.05, 0) is 6.92 Å². The highest BCUT2D eigenvalue weighted by atomic mass is 32.1. The summed E-state index contributed by atoms with van der Waals surface area (Å²) in [6.07, 6.45) is 0. The second kappa shape index (κ2) is 3.82. The van der Waals surface area contributed by atoms with Crippen LogP contribution in [0, 0.1) is 6.92 Å². The smallest absolute Gasteiger partial charge is 0.348 e. The van der Waals surface area contributed by atoms with E-state index < -0.39 is 5.97 Å². The number of carbonyl (C=O) groups is 1. The molecule has 76 valence electrons. The highest BCUT2D eigenvalue weighted by Gasteiger charge is 2.14. The van der Waals surface area contributed by atoms with Crippen molar-refractivity contribution in [3.63, 3.8) is 0 Å². The molecular formula is C11H9NO2S. The number of thiazole rings is 1. The van der Waals surface area contributed by atoms with Crippen LogP contribution in [-0.4, -0.2) is 16.1 Å². The van der Waals surface area contributed by atoms with Gasteiger partial charge in [0, 0.05) is 5.56 Å². The molecular weight excluding hydrogens is 210 g/mol. The van der Waals surface area contributed by atoms with Crippen LogP contribution >= 0.6 is 11.3 Å². The van der Waals surface area contributed by atoms with Crippen LogP contribution in [0.25, 0.3) is 11.3 Å². The highest BCUT2D eigenvalue weighted by molar-refractivity contribution is 7.12. The van der Waals surface area contributed by atoms with E-state index in [1.54, 1.807) is 5.51 Å². The maximum Gasteiger partial charge on any atom is 0.348 e. The van der Waals surface area contributed by atoms with Crippen LogP contribution in [0.3, 0.4) is 0 Å². The van der Waals surface area contributed by atoms with Gasteiger partial charge in [0.1, 0.15) is 4.88 Å². The minimum Gasteiger partial charge on any atom is -0.477 e. The zero-order valence-electron chi connectivity index (χ0n) is 8.10. The number of aromatic nitrogens is 1. The number of benzene rings is 1. The number of nitrogens with zero attached hydrogens (tertiary/aromatic N) is 1. The number of hydrogen-bond donors (Lipinski definition) is 1. The van der Waals surface area contributed by atoms with Crippen molar-refractivity contribution in [2.75, 3.05) is 0 Å². The normalized spacial score (nSPS) is 10.2. The highest BCUT2D eigenvalue weighted by Crippen LogP contribution is 2.25. The lowest BCUT2D eigenvalue weighted by molar-refractivity contribution is 0.0702. The molecule has 1 aromatic carbocycles. The molecule has 2 rings (SSSR count). The lowest BCUT2D eigenvalue weighted by atomic mass is 10.1. The lowest BCUT2D eigenvalue weighted by Gasteiger charge is -1.99. The van der Waals surface area contributed by atoms with Crippen molar-refractivity contribution in [1.29, 1.82) is 0 Å². The molecule has 0 aliphatic carbocycles. The summed E-state index contributed by atoms with van der Waals surface area (Å²) in [5.41, 5.74) is 4.09. The SMILES string of the molecule is Cc1ccc(-c2ncsc2C(=O)O)cc1. The van der Waals surface area contributed by atoms with Crippen molar-refractivity contribution < 1.29 is 9.90 Å². The molecule has 1 N–H and O–H groups in total. The van der Waals surface area contributed by atoms with E-state index in [9.17, 15) is 4.79 Å². The standard InChI is InChI=1S/C11H9NO2S/c1-7-2-4-8(5-3-7)9-10(11(13)14)15-6-12-9/h2-6H,1H3,(H,13,14). The quantitative estimate of drug-likeness (QED) is 0.844. The van der Waals surface area contributed by atoms with E-state index in [-0.39, 0.29) is 0 Å². The Morgan fingerprint density at radius 3 is 2.60 bits per heavy atom. The van der Waals surface area contributed by atoms with Crippen LogP contribution in [-0.2, 0) is 0 Å². The van der Waals surface area contributed by atoms with E-state index in [2.05, 4.69) is 4.98 Å². The third-order valence-electron chi connectivity index (χ3n) is 2.09. The summed E-state index contributed by atoms with van der Waals surface area (Å²) in [6.45, 7) is 1.99. The number of rotatable bonds is 2. The third kappa shape index (κ3) is 1.89. The first kappa shape index (κ1) is 9.86. The van der Waals surface area contributed by atoms with Gasteiger partial charge in [0.05, 0.1) is 11.2 Å². The van der Waals surface area contributed by atoms with Gasteiger partial charge in [-0.15, -0.1) is 11.3 Å². The number of hydrogen-bond acceptors (Lipinski definition) is 3. The van der Waals surface area contributed by atoms with Crippen molar-refractivity contribution >= 4 is 17.3 Å². The van der Waals surface area contributed by atoms with Crippen LogP contribution in [0.4, 0.5) is 0 Å². The van der Waals surface area contributed by atoms with Gasteiger partial charge in [0.15, 0.2) is 0 Å². The molecule has 0 aliphatic heterocycles. The van der Waals surface area contributed by atoms with Crippen LogP contribution in [0.2, 0.25) is 0 Å². The Labute approximate surface area is 91.0 Å². The van der Waals surface area contributed by atoms with Crippen LogP contribution < -0.4 is 0 Å². The monoisotopic (exact) mass is 219 g/mol. The number of aromatic carboxylic acids is 1. The van der Waals surface area contributed by atoms with E-state index in [4.69, 9.17) is 5.11 Å². The van der Waals surface area contributed by atoms with Gasteiger partial charge in [-0.25, -0.2) is 9.78 Å². The maximum atomic E-state index is 10.9. The largest absolute Gasteiger partial charge is 0.477 e. The van der Waals surface area contributed by atoms with Crippen molar-refractivity contribution in [2.24, 2.45) is 0 Å². The average molecular weight is 219 g/mol. The van der Waals surface area contributed by atoms with E-state index >= 15 is 0 Å². The maximum absolute atomic E-state index is 10.9. The summed E-state index contributed by atoms with van der Waals surface area (Å²) in [5.74, 6) is -0.923. The van der Waals surface area contributed by atoms with Gasteiger partial charge in [-0.1, -0.05) is 29.8 Å². The van der Waals surface area contributed by atoms with Crippen molar-refractivity contribution in [1.82, 2.24) is 4.98 Å². The predicted molar refractivity (Wildman–Crippen MR) is 59.2 cm³/mol. The fourth-order valence-electron chi connectivity index (χ4n) is 1.31. The molecule has 0 radical (unpaired) electrons. The molecule has 0 unspecified atom stereocenters. The van der Waals surface area contributed by atoms with Gasteiger partial charge >= 0.3 is 5.97 Å². The molecule has 0 amide bonds. The molecule has 0 saturated heterocycles. The summed E-state index contributed by atoms with van der Waals surface area (Å²) in [5, 5.41) is 8.94. The molecule has 0 saturated carbocycles. The van der Waals surface area contributed by atoms with Crippen LogP contribution in [0.5, 0.6) is 0 Å². The zero-order chi connectivity index (χ0) is 10.8. The zero-order valence-corrected chi connectivity index (χ0v) is 8.91. The Kier molecular flexibility index (Phi) is 2.51. The molecule has 0 fully saturated rings. The number of carboxylic acids is 1. The van der Waals surface area contributed by atoms with Crippen molar-refractivity contribution in [2.45, 2.75) is 6.92 Å². The summed E-state index contributed by atoms with van der Waals surface area (Å²) in [7, 11) is 0. The van der Waals surface area contributed by atoms with Crippen LogP contribution in [0.1, 0.15) is 15.2 Å². The Morgan fingerprint density at radius 2 is 2.00 bits per heavy atom. The average Bonchev–Trinajstić information content (AvgIpc) is 2.67. The summed E-state index contributed by atoms with van der Waals surface area (Å²) in [6, 6.07) is 7.66. The first-order valence-electron chi connectivity index (χ1n) is 4.42. The Morgan fingerprint density at radius 1 is 1.33 bits per heavy atom. The molecule has 1 aromatic heterocycles. The molecule has 0 aliphatic rings. The van der Waals surface area contributed by atoms with E-state index in [1.165, 1.54) is 0 Å². The second-order valence-corrected chi connectivity index (χ2v) is 4.06. The molecule has 2 aromatic rings. The molecule has 0 bridgehead atoms. The Bertz CT molecular complexity index is 488. The predicted octanol–water partition coefficient (Wildman–Crippen LogP) is 2.82. The minimum atomic E-state index is -0.923. The van der Waals surface area contributed by atoms with E-state index in [0.29, 0.717) is 10.6 Å². The lowest BCUT2D eigenvalue weighted by Crippen LogP contribution is -1.95. The van der Waals surface area contributed by atoms with Crippen molar-refractivity contribution in [3.05, 3.63) is 40.2 Å². The van der Waals surface area contributed by atoms with Gasteiger partial charge in [0.2, 0.25) is 0 Å². The molecule has 0 atom stereocenters. The second-order valence-electron chi connectivity index (χ2n) is 3.20. The number of carboxylic acid groups (broad SMARTS) is 1. The van der Waals surface area contributed by atoms with Gasteiger partial charge in [-0.2, -0.15) is 0 Å². The molecule has 15 heavy (non-hydrogen) atoms. The molecule has 4 heteroatoms. The van der Waals surface area contributed by atoms with Gasteiger partial charge < -0.3 is 5.11 Å². The Hall–Kier alpha value is -1.68.